The fourth-order valence-electron chi connectivity index (χ4n) is 2.89. The molecule has 0 saturated heterocycles. The molecular formula is C17H20BrNOS. The second-order valence-electron chi connectivity index (χ2n) is 5.35. The largest absolute Gasteiger partial charge is 0.371 e. The number of hydrogen-bond donors (Lipinski definition) is 1. The highest BCUT2D eigenvalue weighted by atomic mass is 79.9. The van der Waals surface area contributed by atoms with Crippen LogP contribution in [-0.4, -0.2) is 13.2 Å². The third kappa shape index (κ3) is 3.24. The van der Waals surface area contributed by atoms with Crippen molar-refractivity contribution in [2.24, 2.45) is 0 Å². The molecule has 0 amide bonds. The molecule has 3 rings (SSSR count). The first-order chi connectivity index (χ1) is 10.3. The van der Waals surface area contributed by atoms with Crippen LogP contribution >= 0.6 is 27.3 Å². The molecule has 0 saturated carbocycles. The Morgan fingerprint density at radius 2 is 2.24 bits per heavy atom. The van der Waals surface area contributed by atoms with Gasteiger partial charge in [-0.2, -0.15) is 11.3 Å². The van der Waals surface area contributed by atoms with E-state index in [9.17, 15) is 0 Å². The van der Waals surface area contributed by atoms with Crippen LogP contribution in [0.25, 0.3) is 0 Å². The van der Waals surface area contributed by atoms with Crippen LogP contribution in [0.3, 0.4) is 0 Å². The Morgan fingerprint density at radius 3 is 3.00 bits per heavy atom. The van der Waals surface area contributed by atoms with Crippen LogP contribution in [0.4, 0.5) is 0 Å². The van der Waals surface area contributed by atoms with Gasteiger partial charge in [0.2, 0.25) is 0 Å². The molecule has 2 heterocycles. The highest BCUT2D eigenvalue weighted by molar-refractivity contribution is 9.10. The van der Waals surface area contributed by atoms with E-state index < -0.39 is 0 Å². The van der Waals surface area contributed by atoms with E-state index in [1.165, 1.54) is 21.2 Å². The molecule has 1 N–H and O–H groups in total. The average molecular weight is 366 g/mol. The monoisotopic (exact) mass is 365 g/mol. The van der Waals surface area contributed by atoms with Crippen LogP contribution in [0, 0.1) is 0 Å². The summed E-state index contributed by atoms with van der Waals surface area (Å²) < 4.78 is 7.34. The molecule has 1 aliphatic heterocycles. The zero-order chi connectivity index (χ0) is 14.7. The molecule has 0 fully saturated rings. The third-order valence-corrected chi connectivity index (χ3v) is 5.68. The summed E-state index contributed by atoms with van der Waals surface area (Å²) in [5.41, 5.74) is 4.05. The number of benzene rings is 1. The van der Waals surface area contributed by atoms with Gasteiger partial charge in [0, 0.05) is 9.85 Å². The summed E-state index contributed by atoms with van der Waals surface area (Å²) in [5.74, 6) is 0. The molecule has 0 radical (unpaired) electrons. The smallest absolute Gasteiger partial charge is 0.102 e. The number of halogens is 1. The molecule has 4 heteroatoms. The van der Waals surface area contributed by atoms with Gasteiger partial charge in [-0.05, 0) is 57.4 Å². The number of fused-ring (bicyclic) bond motifs is 1. The van der Waals surface area contributed by atoms with Crippen molar-refractivity contribution in [3.05, 3.63) is 56.2 Å². The van der Waals surface area contributed by atoms with Crippen molar-refractivity contribution in [2.75, 3.05) is 13.2 Å². The maximum Gasteiger partial charge on any atom is 0.102 e. The summed E-state index contributed by atoms with van der Waals surface area (Å²) in [6.07, 6.45) is 2.22. The Morgan fingerprint density at radius 1 is 1.38 bits per heavy atom. The highest BCUT2D eigenvalue weighted by Gasteiger charge is 2.30. The molecule has 1 aliphatic rings. The quantitative estimate of drug-likeness (QED) is 0.816. The van der Waals surface area contributed by atoms with Gasteiger partial charge in [-0.3, -0.25) is 0 Å². The lowest BCUT2D eigenvalue weighted by Gasteiger charge is -2.33. The fraction of sp³-hybridized carbons (Fsp3) is 0.412. The molecule has 2 unspecified atom stereocenters. The van der Waals surface area contributed by atoms with Crippen LogP contribution < -0.4 is 5.32 Å². The first-order valence-corrected chi connectivity index (χ1v) is 9.19. The lowest BCUT2D eigenvalue weighted by atomic mass is 9.90. The first kappa shape index (κ1) is 15.2. The van der Waals surface area contributed by atoms with Crippen molar-refractivity contribution in [3.8, 4) is 0 Å². The van der Waals surface area contributed by atoms with Crippen LogP contribution in [0.15, 0.2) is 39.5 Å². The second kappa shape index (κ2) is 7.05. The van der Waals surface area contributed by atoms with Gasteiger partial charge in [-0.15, -0.1) is 0 Å². The van der Waals surface area contributed by atoms with Crippen molar-refractivity contribution in [2.45, 2.75) is 31.9 Å². The number of nitrogens with one attached hydrogen (secondary N) is 1. The van der Waals surface area contributed by atoms with Gasteiger partial charge in [-0.25, -0.2) is 0 Å². The van der Waals surface area contributed by atoms with Gasteiger partial charge in [0.1, 0.15) is 6.10 Å². The molecule has 2 nitrogen and oxygen atoms in total. The van der Waals surface area contributed by atoms with Crippen molar-refractivity contribution < 1.29 is 4.74 Å². The molecule has 0 bridgehead atoms. The summed E-state index contributed by atoms with van der Waals surface area (Å²) in [4.78, 5) is 0. The minimum Gasteiger partial charge on any atom is -0.371 e. The summed E-state index contributed by atoms with van der Waals surface area (Å²) in [6, 6.07) is 8.87. The van der Waals surface area contributed by atoms with Crippen LogP contribution in [0.2, 0.25) is 0 Å². The lowest BCUT2D eigenvalue weighted by Crippen LogP contribution is -2.32. The molecular weight excluding hydrogens is 346 g/mol. The van der Waals surface area contributed by atoms with Gasteiger partial charge in [0.25, 0.3) is 0 Å². The number of thiophene rings is 1. The summed E-state index contributed by atoms with van der Waals surface area (Å²) in [5, 5.41) is 8.04. The standard InChI is InChI=1S/C17H20BrNOS/c1-2-8-19-16(14-10-21-11-15(14)18)17-13-6-4-3-5-12(13)7-9-20-17/h3-6,10-11,16-17,19H,2,7-9H2,1H3. The van der Waals surface area contributed by atoms with Gasteiger partial charge in [0.05, 0.1) is 12.6 Å². The van der Waals surface area contributed by atoms with E-state index in [0.29, 0.717) is 0 Å². The normalized spacial score (nSPS) is 19.2. The Balaban J connectivity index is 1.96. The second-order valence-corrected chi connectivity index (χ2v) is 6.94. The average Bonchev–Trinajstić information content (AvgIpc) is 2.94. The van der Waals surface area contributed by atoms with Gasteiger partial charge in [-0.1, -0.05) is 31.2 Å². The molecule has 1 aromatic carbocycles. The zero-order valence-corrected chi connectivity index (χ0v) is 14.5. The van der Waals surface area contributed by atoms with E-state index in [0.717, 1.165) is 26.0 Å². The predicted molar refractivity (Wildman–Crippen MR) is 91.9 cm³/mol. The Bertz CT molecular complexity index is 598. The molecule has 0 spiro atoms. The van der Waals surface area contributed by atoms with E-state index >= 15 is 0 Å². The maximum atomic E-state index is 6.16. The zero-order valence-electron chi connectivity index (χ0n) is 12.1. The maximum absolute atomic E-state index is 6.16. The van der Waals surface area contributed by atoms with Crippen molar-refractivity contribution in [1.29, 1.82) is 0 Å². The fourth-order valence-corrected chi connectivity index (χ4v) is 4.47. The van der Waals surface area contributed by atoms with Crippen LogP contribution in [0.5, 0.6) is 0 Å². The summed E-state index contributed by atoms with van der Waals surface area (Å²) in [7, 11) is 0. The number of hydrogen-bond acceptors (Lipinski definition) is 3. The van der Waals surface area contributed by atoms with Crippen molar-refractivity contribution in [3.63, 3.8) is 0 Å². The van der Waals surface area contributed by atoms with E-state index in [-0.39, 0.29) is 12.1 Å². The van der Waals surface area contributed by atoms with Gasteiger partial charge < -0.3 is 10.1 Å². The van der Waals surface area contributed by atoms with Crippen molar-refractivity contribution >= 4 is 27.3 Å². The van der Waals surface area contributed by atoms with Gasteiger partial charge in [0.15, 0.2) is 0 Å². The molecule has 21 heavy (non-hydrogen) atoms. The van der Waals surface area contributed by atoms with Crippen LogP contribution in [-0.2, 0) is 11.2 Å². The molecule has 112 valence electrons. The first-order valence-electron chi connectivity index (χ1n) is 7.45. The number of rotatable bonds is 5. The Kier molecular flexibility index (Phi) is 5.11. The topological polar surface area (TPSA) is 21.3 Å². The summed E-state index contributed by atoms with van der Waals surface area (Å²) >= 11 is 5.41. The molecule has 1 aromatic heterocycles. The van der Waals surface area contributed by atoms with Gasteiger partial charge >= 0.3 is 0 Å². The Labute approximate surface area is 138 Å². The van der Waals surface area contributed by atoms with E-state index in [1.807, 2.05) is 0 Å². The SMILES string of the molecule is CCCNC(c1cscc1Br)C1OCCc2ccccc21. The third-order valence-electron chi connectivity index (χ3n) is 3.92. The molecule has 2 aromatic rings. The summed E-state index contributed by atoms with van der Waals surface area (Å²) in [6.45, 7) is 3.99. The van der Waals surface area contributed by atoms with Crippen LogP contribution in [0.1, 0.15) is 42.2 Å². The van der Waals surface area contributed by atoms with Crippen molar-refractivity contribution in [1.82, 2.24) is 5.32 Å². The Hall–Kier alpha value is -0.680. The minimum atomic E-state index is 0.0902. The minimum absolute atomic E-state index is 0.0902. The lowest BCUT2D eigenvalue weighted by molar-refractivity contribution is 0.0147. The van der Waals surface area contributed by atoms with E-state index in [4.69, 9.17) is 4.74 Å². The van der Waals surface area contributed by atoms with E-state index in [1.54, 1.807) is 11.3 Å². The highest BCUT2D eigenvalue weighted by Crippen LogP contribution is 2.40. The van der Waals surface area contributed by atoms with E-state index in [2.05, 4.69) is 63.2 Å². The molecule has 2 atom stereocenters. The number of ether oxygens (including phenoxy) is 1. The predicted octanol–water partition coefficient (Wildman–Crippen LogP) is 4.87. The molecule has 0 aliphatic carbocycles.